The van der Waals surface area contributed by atoms with Crippen molar-refractivity contribution in [2.45, 2.75) is 37.9 Å². The molecule has 0 bridgehead atoms. The zero-order valence-corrected chi connectivity index (χ0v) is 12.4. The topological polar surface area (TPSA) is 68.0 Å². The molecule has 1 fully saturated rings. The number of alkyl halides is 3. The molecule has 1 heterocycles. The van der Waals surface area contributed by atoms with E-state index >= 15 is 0 Å². The van der Waals surface area contributed by atoms with Crippen molar-refractivity contribution in [3.8, 4) is 11.4 Å². The number of benzene rings is 1. The summed E-state index contributed by atoms with van der Waals surface area (Å²) in [6.07, 6.45) is -2.46. The SMILES string of the molecule is O=C(CCc1ccc(-c2noc(C(F)(F)F)n2)cc1F)NC1CC1. The fourth-order valence-corrected chi connectivity index (χ4v) is 2.12. The van der Waals surface area contributed by atoms with Crippen LogP contribution >= 0.6 is 0 Å². The van der Waals surface area contributed by atoms with Crippen LogP contribution < -0.4 is 5.32 Å². The fourth-order valence-electron chi connectivity index (χ4n) is 2.12. The molecule has 2 aromatic rings. The summed E-state index contributed by atoms with van der Waals surface area (Å²) in [4.78, 5) is 14.8. The largest absolute Gasteiger partial charge is 0.471 e. The van der Waals surface area contributed by atoms with Crippen molar-refractivity contribution >= 4 is 5.91 Å². The fraction of sp³-hybridized carbons (Fsp3) is 0.400. The molecule has 1 saturated carbocycles. The molecule has 0 unspecified atom stereocenters. The minimum atomic E-state index is -4.75. The highest BCUT2D eigenvalue weighted by molar-refractivity contribution is 5.76. The Morgan fingerprint density at radius 2 is 2.08 bits per heavy atom. The van der Waals surface area contributed by atoms with E-state index in [1.807, 2.05) is 0 Å². The zero-order chi connectivity index (χ0) is 17.3. The lowest BCUT2D eigenvalue weighted by Gasteiger charge is -2.05. The maximum atomic E-state index is 14.1. The number of rotatable bonds is 5. The van der Waals surface area contributed by atoms with Crippen LogP contribution in [0.5, 0.6) is 0 Å². The molecule has 0 spiro atoms. The van der Waals surface area contributed by atoms with Gasteiger partial charge in [0.1, 0.15) is 5.82 Å². The van der Waals surface area contributed by atoms with Gasteiger partial charge in [-0.25, -0.2) is 4.39 Å². The van der Waals surface area contributed by atoms with E-state index in [1.54, 1.807) is 0 Å². The summed E-state index contributed by atoms with van der Waals surface area (Å²) in [6, 6.07) is 4.06. The van der Waals surface area contributed by atoms with Crippen LogP contribution in [0, 0.1) is 5.82 Å². The van der Waals surface area contributed by atoms with Crippen LogP contribution in [0.3, 0.4) is 0 Å². The number of nitrogens with zero attached hydrogens (tertiary/aromatic N) is 2. The van der Waals surface area contributed by atoms with Crippen LogP contribution in [0.15, 0.2) is 22.7 Å². The number of amides is 1. The van der Waals surface area contributed by atoms with Gasteiger partial charge in [0.25, 0.3) is 0 Å². The van der Waals surface area contributed by atoms with Crippen LogP contribution in [0.1, 0.15) is 30.7 Å². The highest BCUT2D eigenvalue weighted by Crippen LogP contribution is 2.29. The highest BCUT2D eigenvalue weighted by atomic mass is 19.4. The Hall–Kier alpha value is -2.45. The Bertz CT molecular complexity index is 753. The van der Waals surface area contributed by atoms with Crippen molar-refractivity contribution in [1.82, 2.24) is 15.5 Å². The second kappa shape index (κ2) is 6.21. The van der Waals surface area contributed by atoms with Crippen molar-refractivity contribution in [1.29, 1.82) is 0 Å². The molecular weight excluding hydrogens is 330 g/mol. The van der Waals surface area contributed by atoms with Gasteiger partial charge in [0.15, 0.2) is 0 Å². The van der Waals surface area contributed by atoms with Gasteiger partial charge in [-0.15, -0.1) is 0 Å². The predicted molar refractivity (Wildman–Crippen MR) is 74.2 cm³/mol. The second-order valence-corrected chi connectivity index (χ2v) is 5.57. The number of nitrogens with one attached hydrogen (secondary N) is 1. The molecule has 0 saturated heterocycles. The normalized spacial score (nSPS) is 14.7. The number of aryl methyl sites for hydroxylation is 1. The molecule has 1 aliphatic rings. The van der Waals surface area contributed by atoms with E-state index in [9.17, 15) is 22.4 Å². The molecule has 128 valence electrons. The molecule has 0 aliphatic heterocycles. The monoisotopic (exact) mass is 343 g/mol. The Kier molecular flexibility index (Phi) is 4.25. The average molecular weight is 343 g/mol. The van der Waals surface area contributed by atoms with E-state index in [1.165, 1.54) is 12.1 Å². The van der Waals surface area contributed by atoms with Crippen molar-refractivity contribution in [2.75, 3.05) is 0 Å². The first kappa shape index (κ1) is 16.4. The Morgan fingerprint density at radius 1 is 1.33 bits per heavy atom. The third kappa shape index (κ3) is 3.90. The van der Waals surface area contributed by atoms with Crippen LogP contribution in [0.4, 0.5) is 17.6 Å². The average Bonchev–Trinajstić information content (AvgIpc) is 3.16. The molecular formula is C15H13F4N3O2. The van der Waals surface area contributed by atoms with Gasteiger partial charge in [0, 0.05) is 18.0 Å². The number of carbonyl (C=O) groups excluding carboxylic acids is 1. The van der Waals surface area contributed by atoms with Gasteiger partial charge in [-0.05, 0) is 30.9 Å². The molecule has 0 radical (unpaired) electrons. The lowest BCUT2D eigenvalue weighted by atomic mass is 10.1. The summed E-state index contributed by atoms with van der Waals surface area (Å²) in [5, 5.41) is 6.00. The van der Waals surface area contributed by atoms with Gasteiger partial charge in [-0.3, -0.25) is 4.79 Å². The molecule has 5 nitrogen and oxygen atoms in total. The molecule has 1 N–H and O–H groups in total. The van der Waals surface area contributed by atoms with Gasteiger partial charge < -0.3 is 9.84 Å². The highest BCUT2D eigenvalue weighted by Gasteiger charge is 2.38. The third-order valence-electron chi connectivity index (χ3n) is 3.54. The van der Waals surface area contributed by atoms with Gasteiger partial charge in [0.05, 0.1) is 0 Å². The maximum Gasteiger partial charge on any atom is 0.471 e. The van der Waals surface area contributed by atoms with E-state index in [-0.39, 0.29) is 36.2 Å². The minimum Gasteiger partial charge on any atom is -0.353 e. The first-order chi connectivity index (χ1) is 11.3. The van der Waals surface area contributed by atoms with Crippen LogP contribution in [-0.2, 0) is 17.4 Å². The molecule has 1 aliphatic carbocycles. The van der Waals surface area contributed by atoms with Gasteiger partial charge in [-0.2, -0.15) is 18.2 Å². The Morgan fingerprint density at radius 3 is 2.67 bits per heavy atom. The molecule has 1 aromatic heterocycles. The lowest BCUT2D eigenvalue weighted by molar-refractivity contribution is -0.159. The van der Waals surface area contributed by atoms with Gasteiger partial charge in [-0.1, -0.05) is 17.3 Å². The quantitative estimate of drug-likeness (QED) is 0.847. The first-order valence-corrected chi connectivity index (χ1v) is 7.32. The van der Waals surface area contributed by atoms with Crippen molar-refractivity contribution in [3.05, 3.63) is 35.5 Å². The van der Waals surface area contributed by atoms with Crippen LogP contribution in [0.25, 0.3) is 11.4 Å². The predicted octanol–water partition coefficient (Wildman–Crippen LogP) is 3.11. The van der Waals surface area contributed by atoms with Crippen LogP contribution in [-0.4, -0.2) is 22.1 Å². The second-order valence-electron chi connectivity index (χ2n) is 5.57. The number of hydrogen-bond donors (Lipinski definition) is 1. The molecule has 24 heavy (non-hydrogen) atoms. The number of aromatic nitrogens is 2. The van der Waals surface area contributed by atoms with Crippen LogP contribution in [0.2, 0.25) is 0 Å². The minimum absolute atomic E-state index is 0.0675. The summed E-state index contributed by atoms with van der Waals surface area (Å²) < 4.78 is 55.4. The summed E-state index contributed by atoms with van der Waals surface area (Å²) >= 11 is 0. The Labute approximate surface area is 134 Å². The van der Waals surface area contributed by atoms with E-state index < -0.39 is 17.9 Å². The van der Waals surface area contributed by atoms with E-state index in [0.717, 1.165) is 18.9 Å². The first-order valence-electron chi connectivity index (χ1n) is 7.32. The van der Waals surface area contributed by atoms with E-state index in [2.05, 4.69) is 20.0 Å². The van der Waals surface area contributed by atoms with E-state index in [0.29, 0.717) is 5.56 Å². The van der Waals surface area contributed by atoms with Gasteiger partial charge in [0.2, 0.25) is 11.7 Å². The zero-order valence-electron chi connectivity index (χ0n) is 12.4. The molecule has 9 heteroatoms. The smallest absolute Gasteiger partial charge is 0.353 e. The Balaban J connectivity index is 1.67. The van der Waals surface area contributed by atoms with Crippen molar-refractivity contribution in [2.24, 2.45) is 0 Å². The van der Waals surface area contributed by atoms with Gasteiger partial charge >= 0.3 is 12.1 Å². The third-order valence-corrected chi connectivity index (χ3v) is 3.54. The molecule has 0 atom stereocenters. The summed E-state index contributed by atoms with van der Waals surface area (Å²) in [7, 11) is 0. The van der Waals surface area contributed by atoms with Crippen molar-refractivity contribution < 1.29 is 26.9 Å². The number of carbonyl (C=O) groups is 1. The standard InChI is InChI=1S/C15H13F4N3O2/c16-11-7-9(13-21-14(24-22-13)15(17,18)19)2-1-8(11)3-6-12(23)20-10-4-5-10/h1-2,7,10H,3-6H2,(H,20,23). The summed E-state index contributed by atoms with van der Waals surface area (Å²) in [5.74, 6) is -2.61. The van der Waals surface area contributed by atoms with E-state index in [4.69, 9.17) is 0 Å². The molecule has 1 amide bonds. The number of halogens is 4. The lowest BCUT2D eigenvalue weighted by Crippen LogP contribution is -2.25. The number of hydrogen-bond acceptors (Lipinski definition) is 4. The van der Waals surface area contributed by atoms with Crippen molar-refractivity contribution in [3.63, 3.8) is 0 Å². The maximum absolute atomic E-state index is 14.1. The molecule has 1 aromatic carbocycles. The summed E-state index contributed by atoms with van der Waals surface area (Å²) in [6.45, 7) is 0. The molecule has 3 rings (SSSR count). The summed E-state index contributed by atoms with van der Waals surface area (Å²) in [5.41, 5.74) is 0.363.